The zero-order valence-corrected chi connectivity index (χ0v) is 11.3. The van der Waals surface area contributed by atoms with Gasteiger partial charge in [-0.1, -0.05) is 0 Å². The third-order valence-electron chi connectivity index (χ3n) is 3.40. The van der Waals surface area contributed by atoms with Gasteiger partial charge in [-0.25, -0.2) is 13.2 Å². The van der Waals surface area contributed by atoms with Crippen LogP contribution in [0.2, 0.25) is 0 Å². The summed E-state index contributed by atoms with van der Waals surface area (Å²) in [6.07, 6.45) is 1.12. The van der Waals surface area contributed by atoms with Gasteiger partial charge in [0.05, 0.1) is 19.3 Å². The van der Waals surface area contributed by atoms with E-state index in [4.69, 9.17) is 9.84 Å². The highest BCUT2D eigenvalue weighted by molar-refractivity contribution is 5.94. The van der Waals surface area contributed by atoms with Crippen molar-refractivity contribution in [2.24, 2.45) is 0 Å². The number of halogens is 3. The van der Waals surface area contributed by atoms with Gasteiger partial charge in [0.1, 0.15) is 0 Å². The molecule has 0 aromatic heterocycles. The second kappa shape index (κ2) is 6.91. The van der Waals surface area contributed by atoms with Crippen LogP contribution in [0.25, 0.3) is 0 Å². The van der Waals surface area contributed by atoms with Gasteiger partial charge >= 0.3 is 0 Å². The molecule has 1 fully saturated rings. The normalized spacial score (nSPS) is 16.3. The Labute approximate surface area is 120 Å². The van der Waals surface area contributed by atoms with Crippen molar-refractivity contribution in [3.63, 3.8) is 0 Å². The predicted molar refractivity (Wildman–Crippen MR) is 68.3 cm³/mol. The lowest BCUT2D eigenvalue weighted by atomic mass is 10.1. The molecule has 0 atom stereocenters. The zero-order chi connectivity index (χ0) is 15.4. The summed E-state index contributed by atoms with van der Waals surface area (Å²) in [6, 6.07) is 1.41. The van der Waals surface area contributed by atoms with Crippen molar-refractivity contribution in [3.8, 4) is 0 Å². The molecule has 0 bridgehead atoms. The maximum atomic E-state index is 13.1. The van der Waals surface area contributed by atoms with Crippen molar-refractivity contribution in [1.82, 2.24) is 4.90 Å². The predicted octanol–water partition coefficient (Wildman–Crippen LogP) is 1.72. The summed E-state index contributed by atoms with van der Waals surface area (Å²) in [7, 11) is 0. The Morgan fingerprint density at radius 1 is 1.24 bits per heavy atom. The van der Waals surface area contributed by atoms with Crippen LogP contribution in [-0.2, 0) is 4.74 Å². The molecule has 1 amide bonds. The number of likely N-dealkylation sites (tertiary alicyclic amines) is 1. The average Bonchev–Trinajstić information content (AvgIpc) is 2.50. The average molecular weight is 303 g/mol. The Kier molecular flexibility index (Phi) is 5.19. The molecular formula is C14H16F3NO3. The molecule has 7 heteroatoms. The number of hydrogen-bond acceptors (Lipinski definition) is 3. The topological polar surface area (TPSA) is 49.8 Å². The number of carbonyl (C=O) groups is 1. The summed E-state index contributed by atoms with van der Waals surface area (Å²) < 4.78 is 44.5. The Hall–Kier alpha value is -1.60. The van der Waals surface area contributed by atoms with Crippen LogP contribution >= 0.6 is 0 Å². The van der Waals surface area contributed by atoms with Gasteiger partial charge in [-0.2, -0.15) is 0 Å². The number of amides is 1. The molecule has 0 saturated carbocycles. The third-order valence-corrected chi connectivity index (χ3v) is 3.40. The Morgan fingerprint density at radius 2 is 1.81 bits per heavy atom. The second-order valence-corrected chi connectivity index (χ2v) is 4.84. The molecule has 1 aliphatic heterocycles. The van der Waals surface area contributed by atoms with Crippen LogP contribution in [0.4, 0.5) is 13.2 Å². The second-order valence-electron chi connectivity index (χ2n) is 4.84. The van der Waals surface area contributed by atoms with Crippen LogP contribution in [0.15, 0.2) is 12.1 Å². The van der Waals surface area contributed by atoms with E-state index in [2.05, 4.69) is 0 Å². The number of rotatable bonds is 4. The van der Waals surface area contributed by atoms with E-state index >= 15 is 0 Å². The molecule has 1 aromatic carbocycles. The maximum absolute atomic E-state index is 13.1. The van der Waals surface area contributed by atoms with E-state index in [1.165, 1.54) is 4.90 Å². The first-order valence-electron chi connectivity index (χ1n) is 6.69. The number of piperidine rings is 1. The third kappa shape index (κ3) is 3.74. The number of aliphatic hydroxyl groups excluding tert-OH is 1. The molecule has 0 radical (unpaired) electrons. The van der Waals surface area contributed by atoms with E-state index in [1.807, 2.05) is 0 Å². The minimum atomic E-state index is -1.58. The molecule has 0 spiro atoms. The van der Waals surface area contributed by atoms with E-state index in [0.29, 0.717) is 38.1 Å². The summed E-state index contributed by atoms with van der Waals surface area (Å²) >= 11 is 0. The quantitative estimate of drug-likeness (QED) is 0.862. The number of carbonyl (C=O) groups excluding carboxylic acids is 1. The molecular weight excluding hydrogens is 287 g/mol. The largest absolute Gasteiger partial charge is 0.394 e. The SMILES string of the molecule is O=C(c1cc(F)c(F)c(F)c1)N1CCC(OCCO)CC1. The summed E-state index contributed by atoms with van der Waals surface area (Å²) in [5, 5.41) is 8.67. The van der Waals surface area contributed by atoms with Crippen LogP contribution in [0.1, 0.15) is 23.2 Å². The monoisotopic (exact) mass is 303 g/mol. The summed E-state index contributed by atoms with van der Waals surface area (Å²) in [4.78, 5) is 13.6. The summed E-state index contributed by atoms with van der Waals surface area (Å²) in [6.45, 7) is 0.950. The Morgan fingerprint density at radius 3 is 2.33 bits per heavy atom. The molecule has 116 valence electrons. The van der Waals surface area contributed by atoms with E-state index < -0.39 is 23.4 Å². The van der Waals surface area contributed by atoms with Gasteiger partial charge in [-0.15, -0.1) is 0 Å². The van der Waals surface area contributed by atoms with Crippen molar-refractivity contribution in [2.75, 3.05) is 26.3 Å². The van der Waals surface area contributed by atoms with E-state index in [1.54, 1.807) is 0 Å². The number of benzene rings is 1. The van der Waals surface area contributed by atoms with Gasteiger partial charge in [-0.05, 0) is 25.0 Å². The van der Waals surface area contributed by atoms with E-state index in [0.717, 1.165) is 0 Å². The highest BCUT2D eigenvalue weighted by atomic mass is 19.2. The fraction of sp³-hybridized carbons (Fsp3) is 0.500. The van der Waals surface area contributed by atoms with E-state index in [-0.39, 0.29) is 24.9 Å². The lowest BCUT2D eigenvalue weighted by Gasteiger charge is -2.32. The first-order chi connectivity index (χ1) is 10.0. The molecule has 0 aliphatic carbocycles. The fourth-order valence-electron chi connectivity index (χ4n) is 2.31. The lowest BCUT2D eigenvalue weighted by Crippen LogP contribution is -2.41. The van der Waals surface area contributed by atoms with Crippen molar-refractivity contribution >= 4 is 5.91 Å². The van der Waals surface area contributed by atoms with Crippen LogP contribution in [0, 0.1) is 17.5 Å². The lowest BCUT2D eigenvalue weighted by molar-refractivity contribution is -0.00556. The minimum absolute atomic E-state index is 0.0390. The standard InChI is InChI=1S/C14H16F3NO3/c15-11-7-9(8-12(16)13(11)17)14(20)18-3-1-10(2-4-18)21-6-5-19/h7-8,10,19H,1-6H2. The highest BCUT2D eigenvalue weighted by Gasteiger charge is 2.25. The van der Waals surface area contributed by atoms with Crippen LogP contribution in [0.3, 0.4) is 0 Å². The first-order valence-corrected chi connectivity index (χ1v) is 6.69. The molecule has 21 heavy (non-hydrogen) atoms. The van der Waals surface area contributed by atoms with Gasteiger partial charge in [-0.3, -0.25) is 4.79 Å². The van der Waals surface area contributed by atoms with Gasteiger partial charge in [0.25, 0.3) is 5.91 Å². The van der Waals surface area contributed by atoms with Crippen LogP contribution in [0.5, 0.6) is 0 Å². The molecule has 1 aromatic rings. The maximum Gasteiger partial charge on any atom is 0.254 e. The molecule has 0 unspecified atom stereocenters. The molecule has 4 nitrogen and oxygen atoms in total. The molecule has 2 rings (SSSR count). The van der Waals surface area contributed by atoms with Gasteiger partial charge in [0.2, 0.25) is 0 Å². The fourth-order valence-corrected chi connectivity index (χ4v) is 2.31. The number of ether oxygens (including phenoxy) is 1. The smallest absolute Gasteiger partial charge is 0.254 e. The van der Waals surface area contributed by atoms with Crippen molar-refractivity contribution < 1.29 is 27.8 Å². The molecule has 1 aliphatic rings. The molecule has 1 N–H and O–H groups in total. The number of aliphatic hydroxyl groups is 1. The highest BCUT2D eigenvalue weighted by Crippen LogP contribution is 2.19. The first kappa shape index (κ1) is 15.8. The van der Waals surface area contributed by atoms with Crippen LogP contribution < -0.4 is 0 Å². The van der Waals surface area contributed by atoms with Crippen molar-refractivity contribution in [2.45, 2.75) is 18.9 Å². The summed E-state index contributed by atoms with van der Waals surface area (Å²) in [5.41, 5.74) is -0.207. The number of hydrogen-bond donors (Lipinski definition) is 1. The van der Waals surface area contributed by atoms with Crippen molar-refractivity contribution in [1.29, 1.82) is 0 Å². The summed E-state index contributed by atoms with van der Waals surface area (Å²) in [5.74, 6) is -4.87. The van der Waals surface area contributed by atoms with E-state index in [9.17, 15) is 18.0 Å². The van der Waals surface area contributed by atoms with Gasteiger partial charge in [0.15, 0.2) is 17.5 Å². The van der Waals surface area contributed by atoms with Crippen LogP contribution in [-0.4, -0.2) is 48.3 Å². The van der Waals surface area contributed by atoms with Gasteiger partial charge < -0.3 is 14.7 Å². The number of nitrogens with zero attached hydrogens (tertiary/aromatic N) is 1. The Balaban J connectivity index is 1.99. The molecule has 1 saturated heterocycles. The Bertz CT molecular complexity index is 493. The molecule has 1 heterocycles. The minimum Gasteiger partial charge on any atom is -0.394 e. The zero-order valence-electron chi connectivity index (χ0n) is 11.3. The van der Waals surface area contributed by atoms with Gasteiger partial charge in [0, 0.05) is 18.7 Å². The van der Waals surface area contributed by atoms with Crippen molar-refractivity contribution in [3.05, 3.63) is 35.1 Å².